The van der Waals surface area contributed by atoms with Crippen molar-refractivity contribution in [3.63, 3.8) is 0 Å². The van der Waals surface area contributed by atoms with E-state index in [0.29, 0.717) is 22.9 Å². The van der Waals surface area contributed by atoms with Crippen LogP contribution < -0.4 is 25.0 Å². The van der Waals surface area contributed by atoms with Crippen LogP contribution in [0, 0.1) is 10.1 Å². The van der Waals surface area contributed by atoms with Gasteiger partial charge in [0.05, 0.1) is 16.3 Å². The molecule has 170 valence electrons. The first kappa shape index (κ1) is 22.9. The van der Waals surface area contributed by atoms with Gasteiger partial charge in [0, 0.05) is 31.9 Å². The van der Waals surface area contributed by atoms with E-state index in [1.165, 1.54) is 23.1 Å². The summed E-state index contributed by atoms with van der Waals surface area (Å²) in [6, 6.07) is 9.50. The average molecular weight is 442 g/mol. The summed E-state index contributed by atoms with van der Waals surface area (Å²) in [4.78, 5) is 36.9. The third kappa shape index (κ3) is 4.03. The van der Waals surface area contributed by atoms with Crippen LogP contribution in [-0.2, 0) is 9.59 Å². The lowest BCUT2D eigenvalue weighted by Gasteiger charge is -2.36. The van der Waals surface area contributed by atoms with Gasteiger partial charge in [-0.3, -0.25) is 19.7 Å². The number of fused-ring (bicyclic) bond motifs is 2. The third-order valence-corrected chi connectivity index (χ3v) is 5.23. The predicted molar refractivity (Wildman–Crippen MR) is 120 cm³/mol. The highest BCUT2D eigenvalue weighted by molar-refractivity contribution is 6.03. The van der Waals surface area contributed by atoms with Crippen LogP contribution >= 0.6 is 0 Å². The highest BCUT2D eigenvalue weighted by atomic mass is 16.6. The highest BCUT2D eigenvalue weighted by Crippen LogP contribution is 2.39. The molecule has 10 heteroatoms. The molecule has 0 atom stereocenters. The van der Waals surface area contributed by atoms with E-state index >= 15 is 0 Å². The number of hydrogen-bond acceptors (Lipinski definition) is 7. The number of amides is 2. The first-order chi connectivity index (χ1) is 14.7. The fourth-order valence-electron chi connectivity index (χ4n) is 3.51. The molecule has 0 unspecified atom stereocenters. The number of likely N-dealkylation sites (N-methyl/N-ethyl adjacent to an activating group) is 2. The number of nitro benzene ring substituents is 1. The topological polar surface area (TPSA) is 128 Å². The molecule has 0 radical (unpaired) electrons. The summed E-state index contributed by atoms with van der Waals surface area (Å²) in [5.41, 5.74) is 5.61. The van der Waals surface area contributed by atoms with Gasteiger partial charge in [-0.1, -0.05) is 0 Å². The summed E-state index contributed by atoms with van der Waals surface area (Å²) in [6.07, 6.45) is 0. The zero-order chi connectivity index (χ0) is 24.0. The van der Waals surface area contributed by atoms with Gasteiger partial charge < -0.3 is 25.0 Å². The summed E-state index contributed by atoms with van der Waals surface area (Å²) in [7, 11) is 3.31. The predicted octanol–water partition coefficient (Wildman–Crippen LogP) is 3.13. The molecule has 32 heavy (non-hydrogen) atoms. The van der Waals surface area contributed by atoms with Crippen molar-refractivity contribution in [1.82, 2.24) is 0 Å². The van der Waals surface area contributed by atoms with Gasteiger partial charge in [-0.25, -0.2) is 0 Å². The largest absolute Gasteiger partial charge is 0.476 e. The Labute approximate surface area is 185 Å². The van der Waals surface area contributed by atoms with Gasteiger partial charge in [-0.2, -0.15) is 0 Å². The molecule has 2 amide bonds. The van der Waals surface area contributed by atoms with Crippen molar-refractivity contribution < 1.29 is 24.0 Å². The van der Waals surface area contributed by atoms with Crippen LogP contribution in [0.5, 0.6) is 11.5 Å². The Balaban J connectivity index is 0.000000182. The van der Waals surface area contributed by atoms with Crippen LogP contribution in [0.2, 0.25) is 0 Å². The van der Waals surface area contributed by atoms with Crippen molar-refractivity contribution >= 4 is 34.6 Å². The zero-order valence-corrected chi connectivity index (χ0v) is 18.8. The first-order valence-electron chi connectivity index (χ1n) is 9.87. The van der Waals surface area contributed by atoms with E-state index in [4.69, 9.17) is 15.2 Å². The van der Waals surface area contributed by atoms with Crippen LogP contribution in [0.3, 0.4) is 0 Å². The molecule has 0 aliphatic carbocycles. The maximum absolute atomic E-state index is 11.9. The number of nitro groups is 1. The molecular weight excluding hydrogens is 416 g/mol. The van der Waals surface area contributed by atoms with Crippen molar-refractivity contribution in [1.29, 1.82) is 0 Å². The quantitative estimate of drug-likeness (QED) is 0.408. The molecule has 0 spiro atoms. The van der Waals surface area contributed by atoms with Crippen LogP contribution in [0.1, 0.15) is 27.7 Å². The normalized spacial score (nSPS) is 17.8. The smallest absolute Gasteiger partial charge is 0.271 e. The Bertz CT molecular complexity index is 1110. The van der Waals surface area contributed by atoms with Gasteiger partial charge in [-0.15, -0.1) is 0 Å². The lowest BCUT2D eigenvalue weighted by Crippen LogP contribution is -2.50. The molecule has 2 heterocycles. The Morgan fingerprint density at radius 3 is 1.75 bits per heavy atom. The molecule has 2 N–H and O–H groups in total. The number of anilines is 3. The molecule has 2 aromatic rings. The van der Waals surface area contributed by atoms with E-state index in [1.54, 1.807) is 64.9 Å². The number of rotatable bonds is 1. The fourth-order valence-corrected chi connectivity index (χ4v) is 3.51. The third-order valence-electron chi connectivity index (χ3n) is 5.23. The van der Waals surface area contributed by atoms with Crippen molar-refractivity contribution in [3.8, 4) is 11.5 Å². The molecular formula is C22H26N4O6. The van der Waals surface area contributed by atoms with Crippen molar-refractivity contribution in [2.24, 2.45) is 0 Å². The second kappa shape index (κ2) is 7.70. The Morgan fingerprint density at radius 1 is 0.844 bits per heavy atom. The molecule has 0 saturated carbocycles. The van der Waals surface area contributed by atoms with E-state index in [9.17, 15) is 19.7 Å². The number of non-ortho nitro benzene ring substituents is 1. The molecule has 0 saturated heterocycles. The van der Waals surface area contributed by atoms with Gasteiger partial charge in [-0.05, 0) is 52.0 Å². The van der Waals surface area contributed by atoms with E-state index in [-0.39, 0.29) is 17.5 Å². The molecule has 2 aliphatic rings. The second-order valence-corrected chi connectivity index (χ2v) is 8.59. The van der Waals surface area contributed by atoms with Gasteiger partial charge in [0.1, 0.15) is 11.5 Å². The number of carbonyl (C=O) groups excluding carboxylic acids is 2. The minimum absolute atomic E-state index is 0.0632. The number of ether oxygens (including phenoxy) is 2. The maximum atomic E-state index is 11.9. The van der Waals surface area contributed by atoms with Gasteiger partial charge >= 0.3 is 0 Å². The van der Waals surface area contributed by atoms with E-state index in [1.807, 2.05) is 0 Å². The van der Waals surface area contributed by atoms with E-state index in [0.717, 1.165) is 5.69 Å². The van der Waals surface area contributed by atoms with Crippen LogP contribution in [0.15, 0.2) is 36.4 Å². The number of hydrogen-bond donors (Lipinski definition) is 1. The Kier molecular flexibility index (Phi) is 5.50. The number of nitrogens with two attached hydrogens (primary N) is 1. The van der Waals surface area contributed by atoms with Crippen LogP contribution in [-0.4, -0.2) is 42.0 Å². The molecule has 4 rings (SSSR count). The summed E-state index contributed by atoms with van der Waals surface area (Å²) in [6.45, 7) is 6.84. The van der Waals surface area contributed by atoms with Gasteiger partial charge in [0.15, 0.2) is 11.2 Å². The molecule has 0 bridgehead atoms. The van der Waals surface area contributed by atoms with Crippen LogP contribution in [0.25, 0.3) is 0 Å². The summed E-state index contributed by atoms with van der Waals surface area (Å²) >= 11 is 0. The molecule has 10 nitrogen and oxygen atoms in total. The Morgan fingerprint density at radius 2 is 1.28 bits per heavy atom. The maximum Gasteiger partial charge on any atom is 0.271 e. The standard InChI is InChI=1S/C11H12N2O4.C11H14N2O2/c1-11(2)10(14)12(3)8-6-7(13(15)16)4-5-9(8)17-11;1-11(2)10(14)13(3)8-6-7(12)4-5-9(8)15-11/h4-6H,1-3H3;4-6H,12H2,1-3H3. The van der Waals surface area contributed by atoms with Crippen molar-refractivity contribution in [3.05, 3.63) is 46.5 Å². The molecule has 2 aromatic carbocycles. The second-order valence-electron chi connectivity index (χ2n) is 8.59. The fraction of sp³-hybridized carbons (Fsp3) is 0.364. The number of nitrogen functional groups attached to an aromatic ring is 1. The van der Waals surface area contributed by atoms with E-state index < -0.39 is 16.1 Å². The van der Waals surface area contributed by atoms with Crippen molar-refractivity contribution in [2.75, 3.05) is 29.6 Å². The molecule has 0 fully saturated rings. The Hall–Kier alpha value is -3.82. The lowest BCUT2D eigenvalue weighted by molar-refractivity contribution is -0.384. The monoisotopic (exact) mass is 442 g/mol. The number of nitrogens with zero attached hydrogens (tertiary/aromatic N) is 3. The lowest BCUT2D eigenvalue weighted by atomic mass is 10.0. The minimum atomic E-state index is -0.947. The average Bonchev–Trinajstić information content (AvgIpc) is 2.71. The number of carbonyl (C=O) groups is 2. The SMILES string of the molecule is CN1C(=O)C(C)(C)Oc2ccc(N)cc21.CN1C(=O)C(C)(C)Oc2ccc([N+](=O)[O-])cc21. The van der Waals surface area contributed by atoms with Crippen molar-refractivity contribution in [2.45, 2.75) is 38.9 Å². The summed E-state index contributed by atoms with van der Waals surface area (Å²) < 4.78 is 11.1. The minimum Gasteiger partial charge on any atom is -0.476 e. The van der Waals surface area contributed by atoms with Gasteiger partial charge in [0.2, 0.25) is 0 Å². The summed E-state index contributed by atoms with van der Waals surface area (Å²) in [5, 5.41) is 10.7. The zero-order valence-electron chi connectivity index (χ0n) is 18.8. The van der Waals surface area contributed by atoms with Crippen LogP contribution in [0.4, 0.5) is 22.7 Å². The first-order valence-corrected chi connectivity index (χ1v) is 9.87. The van der Waals surface area contributed by atoms with Gasteiger partial charge in [0.25, 0.3) is 17.5 Å². The molecule has 2 aliphatic heterocycles. The summed E-state index contributed by atoms with van der Waals surface area (Å²) in [5.74, 6) is 0.866. The van der Waals surface area contributed by atoms with E-state index in [2.05, 4.69) is 0 Å². The number of benzene rings is 2. The highest BCUT2D eigenvalue weighted by Gasteiger charge is 2.40. The molecule has 0 aromatic heterocycles.